The minimum Gasteiger partial charge on any atom is -0.480 e. The topological polar surface area (TPSA) is 59.3 Å². The summed E-state index contributed by atoms with van der Waals surface area (Å²) in [6.45, 7) is 1.23. The van der Waals surface area contributed by atoms with Gasteiger partial charge in [0.2, 0.25) is 0 Å². The SMILES string of the molecule is CC(=O)c1cn(CC(=O)O)c2c(Cl)cccc12. The highest BCUT2D eigenvalue weighted by molar-refractivity contribution is 6.35. The number of hydrogen-bond acceptors (Lipinski definition) is 2. The van der Waals surface area contributed by atoms with Crippen molar-refractivity contribution in [3.05, 3.63) is 35.0 Å². The summed E-state index contributed by atoms with van der Waals surface area (Å²) in [5, 5.41) is 9.94. The van der Waals surface area contributed by atoms with Crippen molar-refractivity contribution in [2.75, 3.05) is 0 Å². The third-order valence-corrected chi connectivity index (χ3v) is 2.84. The third kappa shape index (κ3) is 2.03. The highest BCUT2D eigenvalue weighted by atomic mass is 35.5. The first kappa shape index (κ1) is 11.7. The van der Waals surface area contributed by atoms with E-state index in [1.807, 2.05) is 0 Å². The summed E-state index contributed by atoms with van der Waals surface area (Å²) in [4.78, 5) is 22.2. The van der Waals surface area contributed by atoms with E-state index in [2.05, 4.69) is 0 Å². The van der Waals surface area contributed by atoms with E-state index in [4.69, 9.17) is 16.7 Å². The second kappa shape index (κ2) is 4.22. The predicted octanol–water partition coefficient (Wildman–Crippen LogP) is 2.58. The molecule has 0 aliphatic heterocycles. The Morgan fingerprint density at radius 2 is 2.12 bits per heavy atom. The number of ketones is 1. The molecule has 88 valence electrons. The Labute approximate surface area is 102 Å². The summed E-state index contributed by atoms with van der Waals surface area (Å²) in [7, 11) is 0. The lowest BCUT2D eigenvalue weighted by atomic mass is 10.1. The Bertz CT molecular complexity index is 615. The van der Waals surface area contributed by atoms with Gasteiger partial charge in [-0.25, -0.2) is 0 Å². The van der Waals surface area contributed by atoms with Crippen LogP contribution in [0.15, 0.2) is 24.4 Å². The number of benzene rings is 1. The van der Waals surface area contributed by atoms with E-state index >= 15 is 0 Å². The number of carboxylic acid groups (broad SMARTS) is 1. The standard InChI is InChI=1S/C12H10ClNO3/c1-7(15)9-5-14(6-11(16)17)12-8(9)3-2-4-10(12)13/h2-5H,6H2,1H3,(H,16,17). The molecule has 2 aromatic rings. The first-order chi connectivity index (χ1) is 8.00. The van der Waals surface area contributed by atoms with E-state index < -0.39 is 5.97 Å². The fraction of sp³-hybridized carbons (Fsp3) is 0.167. The van der Waals surface area contributed by atoms with Crippen LogP contribution in [0, 0.1) is 0 Å². The minimum atomic E-state index is -0.975. The van der Waals surface area contributed by atoms with Gasteiger partial charge in [0, 0.05) is 17.1 Å². The Hall–Kier alpha value is -1.81. The number of rotatable bonds is 3. The molecule has 1 aromatic carbocycles. The maximum Gasteiger partial charge on any atom is 0.323 e. The van der Waals surface area contributed by atoms with Gasteiger partial charge in [-0.2, -0.15) is 0 Å². The zero-order valence-electron chi connectivity index (χ0n) is 9.11. The fourth-order valence-corrected chi connectivity index (χ4v) is 2.15. The number of aromatic nitrogens is 1. The quantitative estimate of drug-likeness (QED) is 0.853. The number of carbonyl (C=O) groups is 2. The van der Waals surface area contributed by atoms with Crippen LogP contribution in [0.5, 0.6) is 0 Å². The number of fused-ring (bicyclic) bond motifs is 1. The molecule has 1 aromatic heterocycles. The molecule has 0 saturated heterocycles. The van der Waals surface area contributed by atoms with Crippen molar-refractivity contribution in [1.82, 2.24) is 4.57 Å². The number of para-hydroxylation sites is 1. The summed E-state index contributed by atoms with van der Waals surface area (Å²) in [5.41, 5.74) is 1.07. The molecule has 0 bridgehead atoms. The molecule has 0 atom stereocenters. The highest BCUT2D eigenvalue weighted by Gasteiger charge is 2.15. The molecule has 0 fully saturated rings. The molecule has 0 spiro atoms. The smallest absolute Gasteiger partial charge is 0.323 e. The van der Waals surface area contributed by atoms with Crippen molar-refractivity contribution in [2.45, 2.75) is 13.5 Å². The van der Waals surface area contributed by atoms with Gasteiger partial charge in [-0.15, -0.1) is 0 Å². The number of hydrogen-bond donors (Lipinski definition) is 1. The summed E-state index contributed by atoms with van der Waals surface area (Å²) in [5.74, 6) is -1.08. The second-order valence-corrected chi connectivity index (χ2v) is 4.16. The van der Waals surface area contributed by atoms with Crippen LogP contribution in [-0.4, -0.2) is 21.4 Å². The van der Waals surface area contributed by atoms with Crippen molar-refractivity contribution in [1.29, 1.82) is 0 Å². The molecule has 0 amide bonds. The maximum atomic E-state index is 11.5. The van der Waals surface area contributed by atoms with Gasteiger partial charge in [0.1, 0.15) is 6.54 Å². The van der Waals surface area contributed by atoms with Gasteiger partial charge in [0.25, 0.3) is 0 Å². The minimum absolute atomic E-state index is 0.110. The molecule has 1 heterocycles. The number of aliphatic carboxylic acids is 1. The molecule has 0 radical (unpaired) electrons. The first-order valence-electron chi connectivity index (χ1n) is 5.01. The third-order valence-electron chi connectivity index (χ3n) is 2.53. The monoisotopic (exact) mass is 251 g/mol. The molecule has 0 unspecified atom stereocenters. The Morgan fingerprint density at radius 3 is 2.71 bits per heavy atom. The fourth-order valence-electron chi connectivity index (χ4n) is 1.87. The van der Waals surface area contributed by atoms with Gasteiger partial charge in [-0.05, 0) is 13.0 Å². The Kier molecular flexibility index (Phi) is 2.90. The van der Waals surface area contributed by atoms with Crippen LogP contribution in [0.1, 0.15) is 17.3 Å². The normalized spacial score (nSPS) is 10.7. The number of halogens is 1. The van der Waals surface area contributed by atoms with Gasteiger partial charge in [-0.1, -0.05) is 23.7 Å². The van der Waals surface area contributed by atoms with Crippen LogP contribution < -0.4 is 0 Å². The molecule has 0 saturated carbocycles. The van der Waals surface area contributed by atoms with Crippen molar-refractivity contribution < 1.29 is 14.7 Å². The highest BCUT2D eigenvalue weighted by Crippen LogP contribution is 2.28. The van der Waals surface area contributed by atoms with Crippen molar-refractivity contribution in [2.24, 2.45) is 0 Å². The average Bonchev–Trinajstić information content (AvgIpc) is 2.57. The van der Waals surface area contributed by atoms with Crippen LogP contribution in [0.3, 0.4) is 0 Å². The zero-order chi connectivity index (χ0) is 12.6. The second-order valence-electron chi connectivity index (χ2n) is 3.76. The van der Waals surface area contributed by atoms with Crippen LogP contribution in [-0.2, 0) is 11.3 Å². The van der Waals surface area contributed by atoms with E-state index in [-0.39, 0.29) is 12.3 Å². The van der Waals surface area contributed by atoms with E-state index in [0.29, 0.717) is 21.5 Å². The summed E-state index contributed by atoms with van der Waals surface area (Å²) in [6, 6.07) is 5.17. The van der Waals surface area contributed by atoms with E-state index in [1.54, 1.807) is 18.2 Å². The summed E-state index contributed by atoms with van der Waals surface area (Å²) in [6.07, 6.45) is 1.53. The number of Topliss-reactive ketones (excluding diaryl/α,β-unsaturated/α-hetero) is 1. The molecular formula is C12H10ClNO3. The zero-order valence-corrected chi connectivity index (χ0v) is 9.86. The van der Waals surface area contributed by atoms with E-state index in [1.165, 1.54) is 17.7 Å². The van der Waals surface area contributed by atoms with Gasteiger partial charge in [0.15, 0.2) is 5.78 Å². The lowest BCUT2D eigenvalue weighted by Gasteiger charge is -2.02. The number of nitrogens with zero attached hydrogens (tertiary/aromatic N) is 1. The molecular weight excluding hydrogens is 242 g/mol. The molecule has 0 aliphatic carbocycles. The van der Waals surface area contributed by atoms with Crippen molar-refractivity contribution in [3.63, 3.8) is 0 Å². The lowest BCUT2D eigenvalue weighted by molar-refractivity contribution is -0.137. The van der Waals surface area contributed by atoms with Gasteiger partial charge >= 0.3 is 5.97 Å². The van der Waals surface area contributed by atoms with Crippen LogP contribution in [0.25, 0.3) is 10.9 Å². The largest absolute Gasteiger partial charge is 0.480 e. The predicted molar refractivity (Wildman–Crippen MR) is 64.6 cm³/mol. The molecule has 1 N–H and O–H groups in total. The Balaban J connectivity index is 2.75. The molecule has 2 rings (SSSR count). The van der Waals surface area contributed by atoms with Crippen LogP contribution in [0.4, 0.5) is 0 Å². The summed E-state index contributed by atoms with van der Waals surface area (Å²) < 4.78 is 1.48. The van der Waals surface area contributed by atoms with Crippen molar-refractivity contribution >= 4 is 34.3 Å². The van der Waals surface area contributed by atoms with E-state index in [9.17, 15) is 9.59 Å². The average molecular weight is 252 g/mol. The molecule has 17 heavy (non-hydrogen) atoms. The van der Waals surface area contributed by atoms with Gasteiger partial charge in [0.05, 0.1) is 10.5 Å². The van der Waals surface area contributed by atoms with Gasteiger partial charge < -0.3 is 9.67 Å². The molecule has 5 heteroatoms. The number of carboxylic acids is 1. The summed E-state index contributed by atoms with van der Waals surface area (Å²) >= 11 is 6.04. The molecule has 4 nitrogen and oxygen atoms in total. The lowest BCUT2D eigenvalue weighted by Crippen LogP contribution is -2.07. The Morgan fingerprint density at radius 1 is 1.41 bits per heavy atom. The number of carbonyl (C=O) groups excluding carboxylic acids is 1. The van der Waals surface area contributed by atoms with E-state index in [0.717, 1.165) is 0 Å². The first-order valence-corrected chi connectivity index (χ1v) is 5.38. The van der Waals surface area contributed by atoms with Gasteiger partial charge in [-0.3, -0.25) is 9.59 Å². The van der Waals surface area contributed by atoms with Crippen LogP contribution >= 0.6 is 11.6 Å². The maximum absolute atomic E-state index is 11.5. The van der Waals surface area contributed by atoms with Crippen molar-refractivity contribution in [3.8, 4) is 0 Å². The van der Waals surface area contributed by atoms with Crippen LogP contribution in [0.2, 0.25) is 5.02 Å². The molecule has 0 aliphatic rings.